The Balaban J connectivity index is 2.60. The van der Waals surface area contributed by atoms with E-state index < -0.39 is 0 Å². The first kappa shape index (κ1) is 11.8. The van der Waals surface area contributed by atoms with Crippen LogP contribution >= 0.6 is 0 Å². The second-order valence-corrected chi connectivity index (χ2v) is 5.22. The lowest BCUT2D eigenvalue weighted by atomic mass is 9.69. The molecule has 1 heteroatoms. The van der Waals surface area contributed by atoms with Gasteiger partial charge in [-0.3, -0.25) is 0 Å². The highest BCUT2D eigenvalue weighted by Gasteiger charge is 2.34. The molecule has 1 fully saturated rings. The van der Waals surface area contributed by atoms with E-state index in [4.69, 9.17) is 0 Å². The number of hydrogen-bond acceptors (Lipinski definition) is 1. The zero-order valence-electron chi connectivity index (χ0n) is 10.0. The van der Waals surface area contributed by atoms with Gasteiger partial charge in [0.15, 0.2) is 0 Å². The summed E-state index contributed by atoms with van der Waals surface area (Å²) in [5.74, 6) is 0. The summed E-state index contributed by atoms with van der Waals surface area (Å²) >= 11 is 0. The third-order valence-corrected chi connectivity index (χ3v) is 3.74. The molecule has 1 aliphatic carbocycles. The van der Waals surface area contributed by atoms with Crippen LogP contribution in [-0.2, 0) is 0 Å². The normalized spacial score (nSPS) is 23.1. The first-order valence-electron chi connectivity index (χ1n) is 5.90. The van der Waals surface area contributed by atoms with Gasteiger partial charge in [0.25, 0.3) is 0 Å². The standard InChI is InChI=1S/C13H25N/c1-11(2)10-12(14-4)13(3)8-6-5-7-9-13/h12,14H,1,5-10H2,2-4H3. The molecule has 1 nitrogen and oxygen atoms in total. The van der Waals surface area contributed by atoms with Crippen molar-refractivity contribution in [2.75, 3.05) is 7.05 Å². The first-order valence-corrected chi connectivity index (χ1v) is 5.90. The van der Waals surface area contributed by atoms with Crippen molar-refractivity contribution in [2.45, 2.75) is 58.4 Å². The maximum absolute atomic E-state index is 4.03. The zero-order chi connectivity index (χ0) is 10.6. The molecule has 1 rings (SSSR count). The molecule has 1 unspecified atom stereocenters. The summed E-state index contributed by atoms with van der Waals surface area (Å²) in [6.45, 7) is 8.61. The van der Waals surface area contributed by atoms with Gasteiger partial charge in [0.2, 0.25) is 0 Å². The van der Waals surface area contributed by atoms with Crippen molar-refractivity contribution in [1.82, 2.24) is 5.32 Å². The molecule has 1 atom stereocenters. The molecule has 0 heterocycles. The minimum atomic E-state index is 0.506. The average molecular weight is 195 g/mol. The first-order chi connectivity index (χ1) is 6.58. The van der Waals surface area contributed by atoms with Gasteiger partial charge < -0.3 is 5.32 Å². The predicted molar refractivity (Wildman–Crippen MR) is 63.5 cm³/mol. The molecule has 82 valence electrons. The van der Waals surface area contributed by atoms with Crippen LogP contribution in [0.15, 0.2) is 12.2 Å². The van der Waals surface area contributed by atoms with E-state index in [2.05, 4.69) is 32.8 Å². The van der Waals surface area contributed by atoms with E-state index in [0.29, 0.717) is 11.5 Å². The summed E-state index contributed by atoms with van der Waals surface area (Å²) in [6, 6.07) is 0.625. The van der Waals surface area contributed by atoms with Crippen LogP contribution in [0.2, 0.25) is 0 Å². The quantitative estimate of drug-likeness (QED) is 0.677. The van der Waals surface area contributed by atoms with Gasteiger partial charge in [-0.05, 0) is 38.6 Å². The van der Waals surface area contributed by atoms with Crippen LogP contribution in [0.5, 0.6) is 0 Å². The molecule has 0 saturated heterocycles. The van der Waals surface area contributed by atoms with Crippen LogP contribution in [0.1, 0.15) is 52.4 Å². The van der Waals surface area contributed by atoms with Crippen molar-refractivity contribution in [1.29, 1.82) is 0 Å². The van der Waals surface area contributed by atoms with E-state index >= 15 is 0 Å². The largest absolute Gasteiger partial charge is 0.316 e. The summed E-state index contributed by atoms with van der Waals surface area (Å²) in [4.78, 5) is 0. The van der Waals surface area contributed by atoms with E-state index in [9.17, 15) is 0 Å². The second kappa shape index (κ2) is 4.97. The fourth-order valence-corrected chi connectivity index (χ4v) is 2.75. The van der Waals surface area contributed by atoms with Gasteiger partial charge in [0.05, 0.1) is 0 Å². The molecule has 1 aliphatic rings. The van der Waals surface area contributed by atoms with Crippen molar-refractivity contribution in [3.05, 3.63) is 12.2 Å². The van der Waals surface area contributed by atoms with Crippen LogP contribution in [0.25, 0.3) is 0 Å². The predicted octanol–water partition coefficient (Wildman–Crippen LogP) is 3.51. The average Bonchev–Trinajstić information content (AvgIpc) is 2.15. The SMILES string of the molecule is C=C(C)CC(NC)C1(C)CCCCC1. The summed E-state index contributed by atoms with van der Waals surface area (Å²) in [7, 11) is 2.09. The number of hydrogen-bond donors (Lipinski definition) is 1. The van der Waals surface area contributed by atoms with Crippen molar-refractivity contribution in [2.24, 2.45) is 5.41 Å². The minimum absolute atomic E-state index is 0.506. The molecule has 0 aliphatic heterocycles. The minimum Gasteiger partial charge on any atom is -0.316 e. The summed E-state index contributed by atoms with van der Waals surface area (Å²) in [6.07, 6.45) is 8.14. The van der Waals surface area contributed by atoms with Crippen molar-refractivity contribution >= 4 is 0 Å². The molecule has 0 bridgehead atoms. The van der Waals surface area contributed by atoms with E-state index in [1.165, 1.54) is 37.7 Å². The van der Waals surface area contributed by atoms with Crippen LogP contribution in [-0.4, -0.2) is 13.1 Å². The van der Waals surface area contributed by atoms with Gasteiger partial charge >= 0.3 is 0 Å². The summed E-state index contributed by atoms with van der Waals surface area (Å²) in [5.41, 5.74) is 1.81. The highest BCUT2D eigenvalue weighted by Crippen LogP contribution is 2.40. The molecular weight excluding hydrogens is 170 g/mol. The summed E-state index contributed by atoms with van der Waals surface area (Å²) in [5, 5.41) is 3.48. The third-order valence-electron chi connectivity index (χ3n) is 3.74. The molecule has 1 saturated carbocycles. The lowest BCUT2D eigenvalue weighted by Gasteiger charge is -2.41. The van der Waals surface area contributed by atoms with E-state index in [1.807, 2.05) is 0 Å². The smallest absolute Gasteiger partial charge is 0.0155 e. The highest BCUT2D eigenvalue weighted by atomic mass is 14.9. The lowest BCUT2D eigenvalue weighted by Crippen LogP contribution is -2.43. The Hall–Kier alpha value is -0.300. The molecule has 0 aromatic heterocycles. The van der Waals surface area contributed by atoms with Gasteiger partial charge in [0, 0.05) is 6.04 Å². The van der Waals surface area contributed by atoms with Crippen LogP contribution in [0, 0.1) is 5.41 Å². The molecule has 1 N–H and O–H groups in total. The molecule has 0 radical (unpaired) electrons. The Morgan fingerprint density at radius 2 is 1.93 bits per heavy atom. The monoisotopic (exact) mass is 195 g/mol. The van der Waals surface area contributed by atoms with E-state index in [1.54, 1.807) is 0 Å². The van der Waals surface area contributed by atoms with E-state index in [0.717, 1.165) is 6.42 Å². The van der Waals surface area contributed by atoms with Crippen molar-refractivity contribution in [3.63, 3.8) is 0 Å². The molecule has 0 aromatic carbocycles. The Morgan fingerprint density at radius 3 is 2.36 bits per heavy atom. The Morgan fingerprint density at radius 1 is 1.36 bits per heavy atom. The molecule has 14 heavy (non-hydrogen) atoms. The van der Waals surface area contributed by atoms with Gasteiger partial charge in [-0.1, -0.05) is 31.8 Å². The van der Waals surface area contributed by atoms with Crippen LogP contribution in [0.3, 0.4) is 0 Å². The molecule has 0 amide bonds. The molecule has 0 aromatic rings. The zero-order valence-corrected chi connectivity index (χ0v) is 10.0. The van der Waals surface area contributed by atoms with Crippen molar-refractivity contribution in [3.8, 4) is 0 Å². The maximum Gasteiger partial charge on any atom is 0.0155 e. The van der Waals surface area contributed by atoms with Gasteiger partial charge in [-0.15, -0.1) is 6.58 Å². The lowest BCUT2D eigenvalue weighted by molar-refractivity contribution is 0.149. The van der Waals surface area contributed by atoms with Gasteiger partial charge in [0.1, 0.15) is 0 Å². The summed E-state index contributed by atoms with van der Waals surface area (Å²) < 4.78 is 0. The Labute approximate surface area is 89.0 Å². The molecule has 0 spiro atoms. The fraction of sp³-hybridized carbons (Fsp3) is 0.846. The van der Waals surface area contributed by atoms with Crippen molar-refractivity contribution < 1.29 is 0 Å². The van der Waals surface area contributed by atoms with E-state index in [-0.39, 0.29) is 0 Å². The Kier molecular flexibility index (Phi) is 4.18. The second-order valence-electron chi connectivity index (χ2n) is 5.22. The highest BCUT2D eigenvalue weighted by molar-refractivity contribution is 4.99. The maximum atomic E-state index is 4.03. The van der Waals surface area contributed by atoms with Crippen LogP contribution in [0.4, 0.5) is 0 Å². The number of nitrogens with one attached hydrogen (secondary N) is 1. The van der Waals surface area contributed by atoms with Crippen LogP contribution < -0.4 is 5.32 Å². The third kappa shape index (κ3) is 2.84. The molecular formula is C13H25N. The fourth-order valence-electron chi connectivity index (χ4n) is 2.75. The topological polar surface area (TPSA) is 12.0 Å². The Bertz CT molecular complexity index is 189. The van der Waals surface area contributed by atoms with Gasteiger partial charge in [-0.25, -0.2) is 0 Å². The number of rotatable bonds is 4. The van der Waals surface area contributed by atoms with Gasteiger partial charge in [-0.2, -0.15) is 0 Å².